The van der Waals surface area contributed by atoms with Crippen LogP contribution in [0.1, 0.15) is 12.8 Å². The van der Waals surface area contributed by atoms with Crippen LogP contribution in [0, 0.1) is 0 Å². The molecular weight excluding hydrogens is 258 g/mol. The van der Waals surface area contributed by atoms with Gasteiger partial charge in [0.25, 0.3) is 0 Å². The van der Waals surface area contributed by atoms with E-state index in [1.807, 2.05) is 5.43 Å². The Morgan fingerprint density at radius 3 is 2.21 bits per heavy atom. The van der Waals surface area contributed by atoms with Crippen molar-refractivity contribution in [2.45, 2.75) is 12.8 Å². The molecule has 0 aromatic heterocycles. The van der Waals surface area contributed by atoms with Gasteiger partial charge in [-0.25, -0.2) is 5.84 Å². The lowest BCUT2D eigenvalue weighted by molar-refractivity contribution is -0.140. The van der Waals surface area contributed by atoms with Crippen molar-refractivity contribution in [3.8, 4) is 0 Å². The number of carbonyl (C=O) groups is 3. The average molecular weight is 277 g/mol. The Kier molecular flexibility index (Phi) is 10.4. The summed E-state index contributed by atoms with van der Waals surface area (Å²) in [6, 6.07) is 0. The summed E-state index contributed by atoms with van der Waals surface area (Å²) >= 11 is 0. The summed E-state index contributed by atoms with van der Waals surface area (Å²) in [7, 11) is 0. The van der Waals surface area contributed by atoms with Crippen molar-refractivity contribution in [1.82, 2.24) is 10.7 Å². The molecule has 2 amide bonds. The average Bonchev–Trinajstić information content (AvgIpc) is 2.35. The Morgan fingerprint density at radius 2 is 1.63 bits per heavy atom. The predicted molar refractivity (Wildman–Crippen MR) is 63.8 cm³/mol. The lowest BCUT2D eigenvalue weighted by Crippen LogP contribution is -2.31. The Hall–Kier alpha value is -1.71. The van der Waals surface area contributed by atoms with Crippen LogP contribution in [-0.4, -0.2) is 55.9 Å². The van der Waals surface area contributed by atoms with Crippen molar-refractivity contribution < 1.29 is 29.0 Å². The molecule has 0 bridgehead atoms. The number of carbonyl (C=O) groups excluding carboxylic acids is 2. The normalized spacial score (nSPS) is 9.95. The van der Waals surface area contributed by atoms with E-state index in [1.165, 1.54) is 0 Å². The second-order valence-corrected chi connectivity index (χ2v) is 3.46. The molecule has 0 unspecified atom stereocenters. The molecule has 0 heterocycles. The standard InChI is InChI=1S/C10H19N3O6/c11-13-8(14)1-3-18-5-6-19-4-2-12-9(15)7-10(16)17/h1-7,11H2,(H,12,15)(H,13,14)(H,16,17). The van der Waals surface area contributed by atoms with Gasteiger partial charge in [0, 0.05) is 6.54 Å². The van der Waals surface area contributed by atoms with Crippen molar-refractivity contribution in [3.63, 3.8) is 0 Å². The molecule has 0 saturated heterocycles. The molecule has 0 aromatic carbocycles. The Labute approximate surface area is 110 Å². The first-order valence-corrected chi connectivity index (χ1v) is 5.69. The number of ether oxygens (including phenoxy) is 2. The molecule has 0 saturated carbocycles. The fraction of sp³-hybridized carbons (Fsp3) is 0.700. The van der Waals surface area contributed by atoms with E-state index in [2.05, 4.69) is 5.32 Å². The summed E-state index contributed by atoms with van der Waals surface area (Å²) in [4.78, 5) is 31.8. The highest BCUT2D eigenvalue weighted by molar-refractivity contribution is 5.93. The van der Waals surface area contributed by atoms with Gasteiger partial charge in [-0.3, -0.25) is 19.8 Å². The smallest absolute Gasteiger partial charge is 0.312 e. The van der Waals surface area contributed by atoms with E-state index in [0.29, 0.717) is 13.2 Å². The number of carboxylic acid groups (broad SMARTS) is 1. The molecule has 0 aliphatic heterocycles. The molecule has 0 aliphatic rings. The number of nitrogens with two attached hydrogens (primary N) is 1. The molecule has 0 radical (unpaired) electrons. The SMILES string of the molecule is NNC(=O)CCOCCOCCNC(=O)CC(=O)O. The topological polar surface area (TPSA) is 140 Å². The third-order valence-corrected chi connectivity index (χ3v) is 1.89. The first kappa shape index (κ1) is 17.3. The lowest BCUT2D eigenvalue weighted by Gasteiger charge is -2.06. The van der Waals surface area contributed by atoms with Crippen molar-refractivity contribution >= 4 is 17.8 Å². The van der Waals surface area contributed by atoms with Crippen molar-refractivity contribution in [2.24, 2.45) is 5.84 Å². The maximum Gasteiger partial charge on any atom is 0.312 e. The summed E-state index contributed by atoms with van der Waals surface area (Å²) in [5.74, 6) is 2.84. The van der Waals surface area contributed by atoms with E-state index in [0.717, 1.165) is 0 Å². The van der Waals surface area contributed by atoms with Gasteiger partial charge in [0.15, 0.2) is 0 Å². The first-order valence-electron chi connectivity index (χ1n) is 5.69. The second kappa shape index (κ2) is 11.4. The maximum absolute atomic E-state index is 10.9. The number of nitrogens with one attached hydrogen (secondary N) is 2. The van der Waals surface area contributed by atoms with Gasteiger partial charge in [-0.15, -0.1) is 0 Å². The number of rotatable bonds is 11. The van der Waals surface area contributed by atoms with E-state index >= 15 is 0 Å². The quantitative estimate of drug-likeness (QED) is 0.112. The van der Waals surface area contributed by atoms with E-state index < -0.39 is 18.3 Å². The summed E-state index contributed by atoms with van der Waals surface area (Å²) in [6.45, 7) is 1.39. The van der Waals surface area contributed by atoms with E-state index in [4.69, 9.17) is 20.4 Å². The molecule has 9 heteroatoms. The summed E-state index contributed by atoms with van der Waals surface area (Å²) in [5.41, 5.74) is 1.98. The van der Waals surface area contributed by atoms with Gasteiger partial charge in [0.1, 0.15) is 6.42 Å². The highest BCUT2D eigenvalue weighted by Crippen LogP contribution is 1.84. The van der Waals surface area contributed by atoms with Gasteiger partial charge in [-0.05, 0) is 0 Å². The number of carboxylic acids is 1. The molecule has 110 valence electrons. The Balaban J connectivity index is 3.21. The van der Waals surface area contributed by atoms with Crippen LogP contribution in [0.4, 0.5) is 0 Å². The molecule has 0 aliphatic carbocycles. The fourth-order valence-corrected chi connectivity index (χ4v) is 1.02. The third-order valence-electron chi connectivity index (χ3n) is 1.89. The van der Waals surface area contributed by atoms with Gasteiger partial charge < -0.3 is 19.9 Å². The van der Waals surface area contributed by atoms with Crippen molar-refractivity contribution in [3.05, 3.63) is 0 Å². The summed E-state index contributed by atoms with van der Waals surface area (Å²) in [6.07, 6.45) is -0.367. The van der Waals surface area contributed by atoms with Crippen LogP contribution in [0.15, 0.2) is 0 Å². The molecule has 0 rings (SSSR count). The van der Waals surface area contributed by atoms with E-state index in [1.54, 1.807) is 0 Å². The molecule has 0 aromatic rings. The van der Waals surface area contributed by atoms with Crippen molar-refractivity contribution in [1.29, 1.82) is 0 Å². The molecule has 19 heavy (non-hydrogen) atoms. The monoisotopic (exact) mass is 277 g/mol. The fourth-order valence-electron chi connectivity index (χ4n) is 1.02. The van der Waals surface area contributed by atoms with Crippen LogP contribution in [0.5, 0.6) is 0 Å². The highest BCUT2D eigenvalue weighted by Gasteiger charge is 2.05. The Bertz CT molecular complexity index is 297. The molecule has 9 nitrogen and oxygen atoms in total. The predicted octanol–water partition coefficient (Wildman–Crippen LogP) is -2.01. The molecule has 0 fully saturated rings. The summed E-state index contributed by atoms with van der Waals surface area (Å²) in [5, 5.41) is 10.7. The van der Waals surface area contributed by atoms with Crippen LogP contribution in [0.25, 0.3) is 0 Å². The van der Waals surface area contributed by atoms with Gasteiger partial charge in [0.05, 0.1) is 32.8 Å². The van der Waals surface area contributed by atoms with Crippen LogP contribution >= 0.6 is 0 Å². The zero-order chi connectivity index (χ0) is 14.5. The molecule has 0 atom stereocenters. The largest absolute Gasteiger partial charge is 0.481 e. The van der Waals surface area contributed by atoms with Gasteiger partial charge >= 0.3 is 5.97 Å². The van der Waals surface area contributed by atoms with E-state index in [9.17, 15) is 14.4 Å². The van der Waals surface area contributed by atoms with Gasteiger partial charge in [-0.1, -0.05) is 0 Å². The van der Waals surface area contributed by atoms with Crippen molar-refractivity contribution in [2.75, 3.05) is 33.0 Å². The molecular formula is C10H19N3O6. The lowest BCUT2D eigenvalue weighted by atomic mass is 10.4. The van der Waals surface area contributed by atoms with E-state index in [-0.39, 0.29) is 32.1 Å². The van der Waals surface area contributed by atoms with Crippen LogP contribution in [0.2, 0.25) is 0 Å². The summed E-state index contributed by atoms with van der Waals surface area (Å²) < 4.78 is 10.2. The maximum atomic E-state index is 10.9. The Morgan fingerprint density at radius 1 is 1.00 bits per heavy atom. The van der Waals surface area contributed by atoms with Crippen LogP contribution in [-0.2, 0) is 23.9 Å². The third kappa shape index (κ3) is 12.5. The minimum absolute atomic E-state index is 0.182. The highest BCUT2D eigenvalue weighted by atomic mass is 16.5. The molecule has 0 spiro atoms. The number of amides is 2. The van der Waals surface area contributed by atoms with Gasteiger partial charge in [-0.2, -0.15) is 0 Å². The number of aliphatic carboxylic acids is 1. The second-order valence-electron chi connectivity index (χ2n) is 3.46. The van der Waals surface area contributed by atoms with Gasteiger partial charge in [0.2, 0.25) is 11.8 Å². The number of hydrogen-bond acceptors (Lipinski definition) is 6. The number of hydrazine groups is 1. The minimum Gasteiger partial charge on any atom is -0.481 e. The minimum atomic E-state index is -1.17. The first-order chi connectivity index (χ1) is 9.06. The zero-order valence-electron chi connectivity index (χ0n) is 10.5. The zero-order valence-corrected chi connectivity index (χ0v) is 10.5. The molecule has 5 N–H and O–H groups in total. The van der Waals surface area contributed by atoms with Crippen LogP contribution < -0.4 is 16.6 Å². The van der Waals surface area contributed by atoms with Crippen LogP contribution in [0.3, 0.4) is 0 Å². The number of hydrogen-bond donors (Lipinski definition) is 4.